The number of hydrogen-bond donors (Lipinski definition) is 1. The van der Waals surface area contributed by atoms with Crippen LogP contribution in [0.3, 0.4) is 0 Å². The van der Waals surface area contributed by atoms with Crippen molar-refractivity contribution < 1.29 is 18.9 Å². The highest BCUT2D eigenvalue weighted by molar-refractivity contribution is 5.42. The number of rotatable bonds is 7. The lowest BCUT2D eigenvalue weighted by molar-refractivity contribution is 0.0173. The van der Waals surface area contributed by atoms with Gasteiger partial charge in [-0.25, -0.2) is 0 Å². The second-order valence-corrected chi connectivity index (χ2v) is 5.31. The summed E-state index contributed by atoms with van der Waals surface area (Å²) in [7, 11) is 3.26. The molecule has 0 spiro atoms. The molecular weight excluding hydrogens is 270 g/mol. The van der Waals surface area contributed by atoms with Gasteiger partial charge in [0.2, 0.25) is 0 Å². The van der Waals surface area contributed by atoms with Crippen molar-refractivity contribution in [3.63, 3.8) is 0 Å². The molecule has 1 unspecified atom stereocenters. The molecule has 0 aliphatic carbocycles. The summed E-state index contributed by atoms with van der Waals surface area (Å²) in [6, 6.07) is 5.45. The Balaban J connectivity index is 1.85. The third-order valence-corrected chi connectivity index (χ3v) is 3.83. The molecule has 1 fully saturated rings. The molecule has 2 N–H and O–H groups in total. The summed E-state index contributed by atoms with van der Waals surface area (Å²) in [6.45, 7) is 2.91. The Hall–Kier alpha value is -1.30. The third-order valence-electron chi connectivity index (χ3n) is 3.83. The quantitative estimate of drug-likeness (QED) is 0.835. The van der Waals surface area contributed by atoms with E-state index in [2.05, 4.69) is 0 Å². The summed E-state index contributed by atoms with van der Waals surface area (Å²) in [5.41, 5.74) is 7.14. The van der Waals surface area contributed by atoms with Gasteiger partial charge < -0.3 is 24.7 Å². The predicted octanol–water partition coefficient (Wildman–Crippen LogP) is 2.15. The fourth-order valence-electron chi connectivity index (χ4n) is 2.49. The van der Waals surface area contributed by atoms with Gasteiger partial charge in [0.1, 0.15) is 11.5 Å². The molecule has 2 rings (SSSR count). The molecule has 1 aromatic carbocycles. The largest absolute Gasteiger partial charge is 0.497 e. The average Bonchev–Trinajstić information content (AvgIpc) is 2.55. The zero-order chi connectivity index (χ0) is 15.1. The van der Waals surface area contributed by atoms with Gasteiger partial charge in [-0.3, -0.25) is 0 Å². The molecule has 5 nitrogen and oxygen atoms in total. The van der Waals surface area contributed by atoms with Crippen molar-refractivity contribution in [3.05, 3.63) is 23.8 Å². The molecule has 0 radical (unpaired) electrons. The van der Waals surface area contributed by atoms with E-state index in [4.69, 9.17) is 24.7 Å². The first kappa shape index (κ1) is 16.1. The van der Waals surface area contributed by atoms with Crippen molar-refractivity contribution in [2.75, 3.05) is 40.6 Å². The summed E-state index contributed by atoms with van der Waals surface area (Å²) in [4.78, 5) is 0. The molecule has 1 saturated heterocycles. The van der Waals surface area contributed by atoms with Crippen LogP contribution < -0.4 is 15.2 Å². The van der Waals surface area contributed by atoms with Crippen LogP contribution in [0.5, 0.6) is 11.5 Å². The van der Waals surface area contributed by atoms with E-state index >= 15 is 0 Å². The standard InChI is InChI=1S/C16H25NO4/c1-18-13-3-4-14(16(9-13)19-2)15(17)11-21-10-12-5-7-20-8-6-12/h3-4,9,12,15H,5-8,10-11,17H2,1-2H3. The number of hydrogen-bond acceptors (Lipinski definition) is 5. The van der Waals surface area contributed by atoms with Crippen molar-refractivity contribution in [1.29, 1.82) is 0 Å². The monoisotopic (exact) mass is 295 g/mol. The first-order valence-corrected chi connectivity index (χ1v) is 7.37. The minimum absolute atomic E-state index is 0.203. The molecule has 1 aliphatic rings. The minimum Gasteiger partial charge on any atom is -0.497 e. The van der Waals surface area contributed by atoms with Crippen LogP contribution in [0.2, 0.25) is 0 Å². The van der Waals surface area contributed by atoms with Gasteiger partial charge in [0.15, 0.2) is 0 Å². The Kier molecular flexibility index (Phi) is 6.29. The highest BCUT2D eigenvalue weighted by atomic mass is 16.5. The predicted molar refractivity (Wildman–Crippen MR) is 80.8 cm³/mol. The summed E-state index contributed by atoms with van der Waals surface area (Å²) in [5.74, 6) is 2.08. The van der Waals surface area contributed by atoms with Crippen molar-refractivity contribution >= 4 is 0 Å². The van der Waals surface area contributed by atoms with Gasteiger partial charge in [-0.05, 0) is 30.9 Å². The lowest BCUT2D eigenvalue weighted by Gasteiger charge is -2.23. The molecule has 0 amide bonds. The lowest BCUT2D eigenvalue weighted by Crippen LogP contribution is -2.23. The van der Waals surface area contributed by atoms with E-state index in [1.165, 1.54) is 0 Å². The van der Waals surface area contributed by atoms with E-state index in [9.17, 15) is 0 Å². The zero-order valence-corrected chi connectivity index (χ0v) is 12.8. The number of ether oxygens (including phenoxy) is 4. The van der Waals surface area contributed by atoms with E-state index < -0.39 is 0 Å². The molecule has 1 atom stereocenters. The van der Waals surface area contributed by atoms with Gasteiger partial charge in [-0.1, -0.05) is 0 Å². The van der Waals surface area contributed by atoms with E-state index in [0.717, 1.165) is 49.7 Å². The van der Waals surface area contributed by atoms with Crippen molar-refractivity contribution in [3.8, 4) is 11.5 Å². The normalized spacial score (nSPS) is 17.5. The fraction of sp³-hybridized carbons (Fsp3) is 0.625. The zero-order valence-electron chi connectivity index (χ0n) is 12.8. The molecule has 1 aliphatic heterocycles. The second kappa shape index (κ2) is 8.22. The van der Waals surface area contributed by atoms with Crippen LogP contribution in [0.4, 0.5) is 0 Å². The summed E-state index contributed by atoms with van der Waals surface area (Å²) < 4.78 is 21.7. The SMILES string of the molecule is COc1ccc(C(N)COCC2CCOCC2)c(OC)c1. The van der Waals surface area contributed by atoms with Gasteiger partial charge in [0.05, 0.1) is 26.9 Å². The molecule has 0 saturated carbocycles. The molecule has 0 aromatic heterocycles. The fourth-order valence-corrected chi connectivity index (χ4v) is 2.49. The van der Waals surface area contributed by atoms with E-state index in [-0.39, 0.29) is 6.04 Å². The first-order chi connectivity index (χ1) is 10.2. The molecule has 0 bridgehead atoms. The molecular formula is C16H25NO4. The van der Waals surface area contributed by atoms with E-state index in [0.29, 0.717) is 12.5 Å². The average molecular weight is 295 g/mol. The van der Waals surface area contributed by atoms with Crippen LogP contribution in [0, 0.1) is 5.92 Å². The van der Waals surface area contributed by atoms with Crippen LogP contribution in [-0.4, -0.2) is 40.6 Å². The third kappa shape index (κ3) is 4.59. The molecule has 5 heteroatoms. The first-order valence-electron chi connectivity index (χ1n) is 7.37. The molecule has 118 valence electrons. The maximum absolute atomic E-state index is 6.21. The molecule has 21 heavy (non-hydrogen) atoms. The van der Waals surface area contributed by atoms with Gasteiger partial charge in [0, 0.05) is 31.5 Å². The number of nitrogens with two attached hydrogens (primary N) is 1. The maximum atomic E-state index is 6.21. The van der Waals surface area contributed by atoms with Gasteiger partial charge in [-0.2, -0.15) is 0 Å². The maximum Gasteiger partial charge on any atom is 0.127 e. The summed E-state index contributed by atoms with van der Waals surface area (Å²) in [6.07, 6.45) is 2.14. The van der Waals surface area contributed by atoms with Crippen molar-refractivity contribution in [2.24, 2.45) is 11.7 Å². The number of benzene rings is 1. The van der Waals surface area contributed by atoms with E-state index in [1.54, 1.807) is 14.2 Å². The lowest BCUT2D eigenvalue weighted by atomic mass is 10.0. The Morgan fingerprint density at radius 1 is 1.24 bits per heavy atom. The van der Waals surface area contributed by atoms with Crippen molar-refractivity contribution in [2.45, 2.75) is 18.9 Å². The van der Waals surface area contributed by atoms with Gasteiger partial charge in [0.25, 0.3) is 0 Å². The highest BCUT2D eigenvalue weighted by Crippen LogP contribution is 2.28. The van der Waals surface area contributed by atoms with E-state index in [1.807, 2.05) is 18.2 Å². The Morgan fingerprint density at radius 2 is 2.00 bits per heavy atom. The Bertz CT molecular complexity index is 432. The minimum atomic E-state index is -0.203. The van der Waals surface area contributed by atoms with Crippen LogP contribution in [-0.2, 0) is 9.47 Å². The number of methoxy groups -OCH3 is 2. The molecule has 1 heterocycles. The Labute approximate surface area is 126 Å². The van der Waals surface area contributed by atoms with Crippen LogP contribution in [0.15, 0.2) is 18.2 Å². The van der Waals surface area contributed by atoms with Crippen LogP contribution in [0.1, 0.15) is 24.4 Å². The topological polar surface area (TPSA) is 62.9 Å². The van der Waals surface area contributed by atoms with Gasteiger partial charge in [-0.15, -0.1) is 0 Å². The second-order valence-electron chi connectivity index (χ2n) is 5.31. The van der Waals surface area contributed by atoms with Gasteiger partial charge >= 0.3 is 0 Å². The summed E-state index contributed by atoms with van der Waals surface area (Å²) >= 11 is 0. The highest BCUT2D eigenvalue weighted by Gasteiger charge is 2.16. The van der Waals surface area contributed by atoms with Crippen LogP contribution >= 0.6 is 0 Å². The summed E-state index contributed by atoms with van der Waals surface area (Å²) in [5, 5.41) is 0. The molecule has 1 aromatic rings. The Morgan fingerprint density at radius 3 is 2.67 bits per heavy atom. The van der Waals surface area contributed by atoms with Crippen LogP contribution in [0.25, 0.3) is 0 Å². The smallest absolute Gasteiger partial charge is 0.127 e. The van der Waals surface area contributed by atoms with Crippen molar-refractivity contribution in [1.82, 2.24) is 0 Å².